The van der Waals surface area contributed by atoms with Crippen molar-refractivity contribution in [2.75, 3.05) is 33.7 Å². The zero-order chi connectivity index (χ0) is 14.8. The molecule has 1 saturated heterocycles. The first-order valence-corrected chi connectivity index (χ1v) is 8.17. The zero-order valence-corrected chi connectivity index (χ0v) is 12.7. The number of aromatic amines is 1. The fraction of sp³-hybridized carbons (Fsp3) is 0.615. The minimum Gasteiger partial charge on any atom is -0.366 e. The SMILES string of the molecule is CN1CCC(CN(C)S(=O)(=O)c2c[nH]ccc2=O)CC1. The lowest BCUT2D eigenvalue weighted by molar-refractivity contribution is 0.202. The molecule has 0 amide bonds. The van der Waals surface area contributed by atoms with Crippen LogP contribution in [0, 0.1) is 5.92 Å². The Balaban J connectivity index is 2.10. The summed E-state index contributed by atoms with van der Waals surface area (Å²) >= 11 is 0. The number of nitrogens with zero attached hydrogens (tertiary/aromatic N) is 2. The molecule has 0 aromatic carbocycles. The summed E-state index contributed by atoms with van der Waals surface area (Å²) in [6.45, 7) is 2.44. The fourth-order valence-corrected chi connectivity index (χ4v) is 3.76. The molecule has 0 radical (unpaired) electrons. The molecule has 1 N–H and O–H groups in total. The van der Waals surface area contributed by atoms with Crippen molar-refractivity contribution >= 4 is 10.0 Å². The molecule has 20 heavy (non-hydrogen) atoms. The predicted octanol–water partition coefficient (Wildman–Crippen LogP) is 0.337. The second-order valence-corrected chi connectivity index (χ2v) is 7.42. The molecule has 0 spiro atoms. The normalized spacial score (nSPS) is 18.6. The van der Waals surface area contributed by atoms with Gasteiger partial charge in [-0.15, -0.1) is 0 Å². The molecule has 7 heteroatoms. The Hall–Kier alpha value is -1.18. The lowest BCUT2D eigenvalue weighted by atomic mass is 9.97. The van der Waals surface area contributed by atoms with E-state index in [0.717, 1.165) is 25.9 Å². The smallest absolute Gasteiger partial charge is 0.248 e. The van der Waals surface area contributed by atoms with Crippen molar-refractivity contribution in [1.29, 1.82) is 0 Å². The van der Waals surface area contributed by atoms with Crippen LogP contribution in [0.1, 0.15) is 12.8 Å². The highest BCUT2D eigenvalue weighted by molar-refractivity contribution is 7.89. The summed E-state index contributed by atoms with van der Waals surface area (Å²) in [5.74, 6) is 0.355. The van der Waals surface area contributed by atoms with E-state index in [1.54, 1.807) is 7.05 Å². The molecular formula is C13H21N3O3S. The van der Waals surface area contributed by atoms with Gasteiger partial charge in [-0.3, -0.25) is 4.79 Å². The Morgan fingerprint density at radius 1 is 1.40 bits per heavy atom. The molecule has 2 rings (SSSR count). The highest BCUT2D eigenvalue weighted by Crippen LogP contribution is 2.19. The van der Waals surface area contributed by atoms with Crippen LogP contribution in [0.15, 0.2) is 28.2 Å². The molecule has 6 nitrogen and oxygen atoms in total. The van der Waals surface area contributed by atoms with E-state index in [1.165, 1.54) is 22.8 Å². The van der Waals surface area contributed by atoms with Crippen LogP contribution in [-0.2, 0) is 10.0 Å². The van der Waals surface area contributed by atoms with Gasteiger partial charge in [-0.05, 0) is 38.9 Å². The van der Waals surface area contributed by atoms with Crippen molar-refractivity contribution in [3.8, 4) is 0 Å². The van der Waals surface area contributed by atoms with E-state index in [2.05, 4.69) is 16.9 Å². The van der Waals surface area contributed by atoms with Gasteiger partial charge in [-0.2, -0.15) is 0 Å². The Morgan fingerprint density at radius 3 is 2.65 bits per heavy atom. The van der Waals surface area contributed by atoms with E-state index in [4.69, 9.17) is 0 Å². The molecule has 2 heterocycles. The topological polar surface area (TPSA) is 73.5 Å². The maximum Gasteiger partial charge on any atom is 0.248 e. The highest BCUT2D eigenvalue weighted by Gasteiger charge is 2.27. The first-order valence-electron chi connectivity index (χ1n) is 6.73. The number of pyridine rings is 1. The molecule has 0 aliphatic carbocycles. The van der Waals surface area contributed by atoms with Gasteiger partial charge in [-0.25, -0.2) is 12.7 Å². The Labute approximate surface area is 119 Å². The molecular weight excluding hydrogens is 278 g/mol. The van der Waals surface area contributed by atoms with E-state index in [9.17, 15) is 13.2 Å². The maximum atomic E-state index is 12.4. The van der Waals surface area contributed by atoms with Crippen molar-refractivity contribution in [3.63, 3.8) is 0 Å². The number of rotatable bonds is 4. The van der Waals surface area contributed by atoms with Crippen LogP contribution in [0.5, 0.6) is 0 Å². The van der Waals surface area contributed by atoms with Gasteiger partial charge >= 0.3 is 0 Å². The summed E-state index contributed by atoms with van der Waals surface area (Å²) in [5, 5.41) is 0. The van der Waals surface area contributed by atoms with Crippen LogP contribution in [0.2, 0.25) is 0 Å². The number of H-pyrrole nitrogens is 1. The summed E-state index contributed by atoms with van der Waals surface area (Å²) in [4.78, 5) is 16.4. The molecule has 112 valence electrons. The highest BCUT2D eigenvalue weighted by atomic mass is 32.2. The van der Waals surface area contributed by atoms with Gasteiger partial charge in [0.25, 0.3) is 0 Å². The third-order valence-corrected chi connectivity index (χ3v) is 5.67. The molecule has 1 aromatic heterocycles. The van der Waals surface area contributed by atoms with E-state index < -0.39 is 15.5 Å². The van der Waals surface area contributed by atoms with Gasteiger partial charge < -0.3 is 9.88 Å². The lowest BCUT2D eigenvalue weighted by Gasteiger charge is -2.31. The van der Waals surface area contributed by atoms with E-state index in [0.29, 0.717) is 12.5 Å². The number of nitrogens with one attached hydrogen (secondary N) is 1. The van der Waals surface area contributed by atoms with Crippen molar-refractivity contribution in [2.24, 2.45) is 5.92 Å². The number of hydrogen-bond donors (Lipinski definition) is 1. The summed E-state index contributed by atoms with van der Waals surface area (Å²) < 4.78 is 26.1. The van der Waals surface area contributed by atoms with Crippen molar-refractivity contribution < 1.29 is 8.42 Å². The largest absolute Gasteiger partial charge is 0.366 e. The summed E-state index contributed by atoms with van der Waals surface area (Å²) in [7, 11) is -0.0952. The monoisotopic (exact) mass is 299 g/mol. The quantitative estimate of drug-likeness (QED) is 0.870. The average molecular weight is 299 g/mol. The fourth-order valence-electron chi connectivity index (χ4n) is 2.48. The molecule has 0 bridgehead atoms. The van der Waals surface area contributed by atoms with E-state index in [1.807, 2.05) is 0 Å². The lowest BCUT2D eigenvalue weighted by Crippen LogP contribution is -2.39. The Kier molecular flexibility index (Phi) is 4.62. The van der Waals surface area contributed by atoms with Gasteiger partial charge in [0, 0.05) is 32.1 Å². The summed E-state index contributed by atoms with van der Waals surface area (Å²) in [6.07, 6.45) is 4.66. The van der Waals surface area contributed by atoms with Crippen molar-refractivity contribution in [3.05, 3.63) is 28.7 Å². The van der Waals surface area contributed by atoms with Crippen LogP contribution in [0.3, 0.4) is 0 Å². The van der Waals surface area contributed by atoms with Crippen LogP contribution in [0.4, 0.5) is 0 Å². The van der Waals surface area contributed by atoms with Gasteiger partial charge in [-0.1, -0.05) is 0 Å². The van der Waals surface area contributed by atoms with Crippen LogP contribution >= 0.6 is 0 Å². The first-order chi connectivity index (χ1) is 9.41. The zero-order valence-electron chi connectivity index (χ0n) is 11.9. The molecule has 0 saturated carbocycles. The van der Waals surface area contributed by atoms with E-state index in [-0.39, 0.29) is 4.90 Å². The molecule has 0 unspecified atom stereocenters. The van der Waals surface area contributed by atoms with Gasteiger partial charge in [0.05, 0.1) is 0 Å². The van der Waals surface area contributed by atoms with Gasteiger partial charge in [0.2, 0.25) is 15.5 Å². The summed E-state index contributed by atoms with van der Waals surface area (Å²) in [6, 6.07) is 1.23. The molecule has 1 aromatic rings. The Bertz CT molecular complexity index is 603. The number of likely N-dealkylation sites (tertiary alicyclic amines) is 1. The number of aromatic nitrogens is 1. The second kappa shape index (κ2) is 6.07. The third kappa shape index (κ3) is 3.28. The van der Waals surface area contributed by atoms with Crippen molar-refractivity contribution in [1.82, 2.24) is 14.2 Å². The maximum absolute atomic E-state index is 12.4. The number of sulfonamides is 1. The standard InChI is InChI=1S/C13H21N3O3S/c1-15-7-4-11(5-8-15)10-16(2)20(18,19)13-9-14-6-3-12(13)17/h3,6,9,11H,4-5,7-8,10H2,1-2H3,(H,14,17). The molecule has 1 aliphatic heterocycles. The van der Waals surface area contributed by atoms with E-state index >= 15 is 0 Å². The summed E-state index contributed by atoms with van der Waals surface area (Å²) in [5.41, 5.74) is -0.473. The van der Waals surface area contributed by atoms with Crippen LogP contribution in [-0.4, -0.2) is 56.3 Å². The van der Waals surface area contributed by atoms with Gasteiger partial charge in [0.1, 0.15) is 4.90 Å². The third-order valence-electron chi connectivity index (χ3n) is 3.83. The molecule has 1 aliphatic rings. The number of hydrogen-bond acceptors (Lipinski definition) is 4. The van der Waals surface area contributed by atoms with Crippen LogP contribution in [0.25, 0.3) is 0 Å². The number of piperidine rings is 1. The average Bonchev–Trinajstić information content (AvgIpc) is 2.41. The first kappa shape index (κ1) is 15.2. The van der Waals surface area contributed by atoms with Gasteiger partial charge in [0.15, 0.2) is 0 Å². The van der Waals surface area contributed by atoms with Crippen LogP contribution < -0.4 is 5.43 Å². The van der Waals surface area contributed by atoms with Crippen molar-refractivity contribution in [2.45, 2.75) is 17.7 Å². The molecule has 1 fully saturated rings. The predicted molar refractivity (Wildman–Crippen MR) is 77.1 cm³/mol. The second-order valence-electron chi connectivity index (χ2n) is 5.41. The Morgan fingerprint density at radius 2 is 2.05 bits per heavy atom. The minimum absolute atomic E-state index is 0.185. The molecule has 0 atom stereocenters. The minimum atomic E-state index is -3.71.